The summed E-state index contributed by atoms with van der Waals surface area (Å²) >= 11 is 6.11. The Balaban J connectivity index is 2.69. The van der Waals surface area contributed by atoms with Crippen molar-refractivity contribution in [3.63, 3.8) is 0 Å². The van der Waals surface area contributed by atoms with E-state index in [0.717, 1.165) is 11.4 Å². The van der Waals surface area contributed by atoms with Crippen LogP contribution in [-0.4, -0.2) is 43.9 Å². The molecule has 0 spiro atoms. The lowest BCUT2D eigenvalue weighted by Gasteiger charge is -2.36. The Hall–Kier alpha value is -1.40. The molecule has 0 radical (unpaired) electrons. The van der Waals surface area contributed by atoms with Crippen LogP contribution in [0.2, 0.25) is 5.15 Å². The van der Waals surface area contributed by atoms with Gasteiger partial charge < -0.3 is 10.0 Å². The van der Waals surface area contributed by atoms with Crippen LogP contribution >= 0.6 is 11.6 Å². The van der Waals surface area contributed by atoms with Gasteiger partial charge in [-0.1, -0.05) is 11.6 Å². The number of hydrogen-bond acceptors (Lipinski definition) is 5. The molecule has 0 aromatic carbocycles. The number of likely N-dealkylation sites (N-methyl/N-ethyl adjacent to an activating group) is 1. The van der Waals surface area contributed by atoms with Gasteiger partial charge in [0, 0.05) is 12.6 Å². The Morgan fingerprint density at radius 2 is 2.17 bits per heavy atom. The van der Waals surface area contributed by atoms with Crippen LogP contribution in [-0.2, 0) is 0 Å². The van der Waals surface area contributed by atoms with Crippen LogP contribution in [0.3, 0.4) is 0 Å². The molecule has 0 atom stereocenters. The Morgan fingerprint density at radius 1 is 1.50 bits per heavy atom. The van der Waals surface area contributed by atoms with E-state index >= 15 is 0 Å². The number of aromatic nitrogens is 4. The standard InChI is InChI=1S/C11H16ClN5O/c1-7-8(12)15-10-13-6-14-17(10)9(7)16(4)11(2,3)5-18/h6,18H,5H2,1-4H3. The number of nitrogens with zero attached hydrogens (tertiary/aromatic N) is 5. The largest absolute Gasteiger partial charge is 0.394 e. The highest BCUT2D eigenvalue weighted by molar-refractivity contribution is 6.30. The second-order valence-electron chi connectivity index (χ2n) is 4.85. The highest BCUT2D eigenvalue weighted by Crippen LogP contribution is 2.29. The lowest BCUT2D eigenvalue weighted by atomic mass is 10.0. The summed E-state index contributed by atoms with van der Waals surface area (Å²) in [5.41, 5.74) is 0.368. The summed E-state index contributed by atoms with van der Waals surface area (Å²) in [7, 11) is 1.88. The van der Waals surface area contributed by atoms with E-state index < -0.39 is 5.54 Å². The fourth-order valence-electron chi connectivity index (χ4n) is 1.67. The van der Waals surface area contributed by atoms with Gasteiger partial charge in [0.25, 0.3) is 5.78 Å². The molecule has 7 heteroatoms. The zero-order valence-electron chi connectivity index (χ0n) is 10.8. The summed E-state index contributed by atoms with van der Waals surface area (Å²) in [6.45, 7) is 5.75. The van der Waals surface area contributed by atoms with Gasteiger partial charge in [0.15, 0.2) is 0 Å². The number of fused-ring (bicyclic) bond motifs is 1. The lowest BCUT2D eigenvalue weighted by Crippen LogP contribution is -2.45. The van der Waals surface area contributed by atoms with Crippen LogP contribution in [0.5, 0.6) is 0 Å². The van der Waals surface area contributed by atoms with Crippen molar-refractivity contribution in [2.75, 3.05) is 18.6 Å². The van der Waals surface area contributed by atoms with E-state index in [1.165, 1.54) is 6.33 Å². The fraction of sp³-hybridized carbons (Fsp3) is 0.545. The van der Waals surface area contributed by atoms with Crippen LogP contribution in [0.4, 0.5) is 5.82 Å². The molecule has 0 amide bonds. The Bertz CT molecular complexity index is 580. The van der Waals surface area contributed by atoms with E-state index in [4.69, 9.17) is 11.6 Å². The van der Waals surface area contributed by atoms with E-state index in [0.29, 0.717) is 10.9 Å². The molecule has 0 saturated heterocycles. The summed E-state index contributed by atoms with van der Waals surface area (Å²) in [5, 5.41) is 14.0. The summed E-state index contributed by atoms with van der Waals surface area (Å²) in [5.74, 6) is 1.22. The smallest absolute Gasteiger partial charge is 0.255 e. The van der Waals surface area contributed by atoms with Gasteiger partial charge in [-0.25, -0.2) is 0 Å². The molecular weight excluding hydrogens is 254 g/mol. The van der Waals surface area contributed by atoms with Crippen molar-refractivity contribution in [1.29, 1.82) is 0 Å². The van der Waals surface area contributed by atoms with Crippen LogP contribution in [0.15, 0.2) is 6.33 Å². The number of aliphatic hydroxyl groups is 1. The molecule has 0 saturated carbocycles. The number of anilines is 1. The summed E-state index contributed by atoms with van der Waals surface area (Å²) in [4.78, 5) is 10.1. The summed E-state index contributed by atoms with van der Waals surface area (Å²) < 4.78 is 1.62. The van der Waals surface area contributed by atoms with Gasteiger partial charge in [0.05, 0.1) is 12.1 Å². The van der Waals surface area contributed by atoms with Crippen LogP contribution in [0.25, 0.3) is 5.78 Å². The Morgan fingerprint density at radius 3 is 2.78 bits per heavy atom. The zero-order chi connectivity index (χ0) is 13.5. The third-order valence-corrected chi connectivity index (χ3v) is 3.55. The van der Waals surface area contributed by atoms with E-state index in [9.17, 15) is 5.11 Å². The van der Waals surface area contributed by atoms with Crippen molar-refractivity contribution in [3.8, 4) is 0 Å². The fourth-order valence-corrected chi connectivity index (χ4v) is 1.83. The third kappa shape index (κ3) is 1.91. The molecule has 1 N–H and O–H groups in total. The maximum absolute atomic E-state index is 9.47. The second kappa shape index (κ2) is 4.37. The third-order valence-electron chi connectivity index (χ3n) is 3.19. The van der Waals surface area contributed by atoms with E-state index in [-0.39, 0.29) is 6.61 Å². The molecule has 2 aromatic heterocycles. The quantitative estimate of drug-likeness (QED) is 0.851. The molecule has 0 aliphatic rings. The van der Waals surface area contributed by atoms with Crippen molar-refractivity contribution < 1.29 is 5.11 Å². The topological polar surface area (TPSA) is 66.5 Å². The second-order valence-corrected chi connectivity index (χ2v) is 5.21. The normalized spacial score (nSPS) is 12.1. The Labute approximate surface area is 110 Å². The number of aliphatic hydroxyl groups excluding tert-OH is 1. The maximum atomic E-state index is 9.47. The molecule has 2 rings (SSSR count). The van der Waals surface area contributed by atoms with E-state index in [2.05, 4.69) is 15.1 Å². The first-order chi connectivity index (χ1) is 8.38. The van der Waals surface area contributed by atoms with Crippen molar-refractivity contribution in [3.05, 3.63) is 17.0 Å². The first kappa shape index (κ1) is 13.0. The minimum absolute atomic E-state index is 0.0130. The van der Waals surface area contributed by atoms with E-state index in [1.54, 1.807) is 4.52 Å². The highest BCUT2D eigenvalue weighted by atomic mass is 35.5. The SMILES string of the molecule is Cc1c(Cl)nc2ncnn2c1N(C)C(C)(C)CO. The van der Waals surface area contributed by atoms with Gasteiger partial charge in [0.1, 0.15) is 17.3 Å². The molecule has 0 fully saturated rings. The molecule has 18 heavy (non-hydrogen) atoms. The highest BCUT2D eigenvalue weighted by Gasteiger charge is 2.27. The van der Waals surface area contributed by atoms with Crippen LogP contribution in [0.1, 0.15) is 19.4 Å². The van der Waals surface area contributed by atoms with Crippen LogP contribution < -0.4 is 4.90 Å². The zero-order valence-corrected chi connectivity index (χ0v) is 11.6. The average Bonchev–Trinajstić information content (AvgIpc) is 2.77. The van der Waals surface area contributed by atoms with E-state index in [1.807, 2.05) is 32.7 Å². The predicted octanol–water partition coefficient (Wildman–Crippen LogP) is 1.29. The molecule has 0 aliphatic heterocycles. The van der Waals surface area contributed by atoms with Crippen molar-refractivity contribution in [1.82, 2.24) is 19.6 Å². The molecule has 0 bridgehead atoms. The molecule has 98 valence electrons. The summed E-state index contributed by atoms with van der Waals surface area (Å²) in [6.07, 6.45) is 1.43. The Kier molecular flexibility index (Phi) is 3.16. The molecule has 2 heterocycles. The first-order valence-electron chi connectivity index (χ1n) is 5.59. The minimum Gasteiger partial charge on any atom is -0.394 e. The van der Waals surface area contributed by atoms with Gasteiger partial charge in [-0.15, -0.1) is 0 Å². The molecule has 0 unspecified atom stereocenters. The average molecular weight is 270 g/mol. The maximum Gasteiger partial charge on any atom is 0.255 e. The molecule has 2 aromatic rings. The number of rotatable bonds is 3. The molecular formula is C11H16ClN5O. The van der Waals surface area contributed by atoms with Crippen molar-refractivity contribution in [2.45, 2.75) is 26.3 Å². The predicted molar refractivity (Wildman–Crippen MR) is 70.1 cm³/mol. The van der Waals surface area contributed by atoms with Gasteiger partial charge >= 0.3 is 0 Å². The van der Waals surface area contributed by atoms with Gasteiger partial charge in [-0.05, 0) is 20.8 Å². The van der Waals surface area contributed by atoms with Gasteiger partial charge in [-0.2, -0.15) is 19.6 Å². The monoisotopic (exact) mass is 269 g/mol. The minimum atomic E-state index is -0.436. The van der Waals surface area contributed by atoms with Crippen molar-refractivity contribution in [2.24, 2.45) is 0 Å². The van der Waals surface area contributed by atoms with Gasteiger partial charge in [-0.3, -0.25) is 0 Å². The number of hydrogen-bond donors (Lipinski definition) is 1. The number of halogens is 1. The molecule has 0 aliphatic carbocycles. The van der Waals surface area contributed by atoms with Gasteiger partial charge in [0.2, 0.25) is 0 Å². The van der Waals surface area contributed by atoms with Crippen molar-refractivity contribution >= 4 is 23.2 Å². The lowest BCUT2D eigenvalue weighted by molar-refractivity contribution is 0.215. The van der Waals surface area contributed by atoms with Crippen LogP contribution in [0, 0.1) is 6.92 Å². The molecule has 6 nitrogen and oxygen atoms in total. The first-order valence-corrected chi connectivity index (χ1v) is 5.97. The summed E-state index contributed by atoms with van der Waals surface area (Å²) in [6, 6.07) is 0.